The highest BCUT2D eigenvalue weighted by atomic mass is 32.1. The maximum atomic E-state index is 9.23. The lowest BCUT2D eigenvalue weighted by atomic mass is 9.67. The Morgan fingerprint density at radius 1 is 1.40 bits per heavy atom. The van der Waals surface area contributed by atoms with Gasteiger partial charge in [0.25, 0.3) is 0 Å². The van der Waals surface area contributed by atoms with Gasteiger partial charge in [-0.15, -0.1) is 11.3 Å². The summed E-state index contributed by atoms with van der Waals surface area (Å²) in [5.74, 6) is 1.85. The van der Waals surface area contributed by atoms with E-state index < -0.39 is 0 Å². The number of rotatable bonds is 6. The summed E-state index contributed by atoms with van der Waals surface area (Å²) in [7, 11) is 0. The number of nitrogens with one attached hydrogen (secondary N) is 1. The number of aliphatic hydroxyl groups excluding tert-OH is 1. The Kier molecular flexibility index (Phi) is 3.89. The van der Waals surface area contributed by atoms with E-state index in [1.54, 1.807) is 11.3 Å². The first kappa shape index (κ1) is 13.8. The molecule has 0 saturated heterocycles. The van der Waals surface area contributed by atoms with Gasteiger partial charge in [-0.1, -0.05) is 13.3 Å². The maximum Gasteiger partial charge on any atom is 0.138 e. The summed E-state index contributed by atoms with van der Waals surface area (Å²) in [6.45, 7) is 3.26. The molecule has 4 nitrogen and oxygen atoms in total. The van der Waals surface area contributed by atoms with Crippen LogP contribution in [0, 0.1) is 5.41 Å². The van der Waals surface area contributed by atoms with E-state index in [0.717, 1.165) is 41.2 Å². The first-order valence-corrected chi connectivity index (χ1v) is 8.23. The Morgan fingerprint density at radius 3 is 2.90 bits per heavy atom. The Bertz CT molecular complexity index is 592. The van der Waals surface area contributed by atoms with Gasteiger partial charge >= 0.3 is 0 Å². The molecular formula is C15H21N3OS. The van der Waals surface area contributed by atoms with E-state index in [0.29, 0.717) is 0 Å². The fraction of sp³-hybridized carbons (Fsp3) is 0.600. The first-order chi connectivity index (χ1) is 9.76. The van der Waals surface area contributed by atoms with E-state index in [1.165, 1.54) is 19.3 Å². The molecule has 2 aromatic heterocycles. The summed E-state index contributed by atoms with van der Waals surface area (Å²) < 4.78 is 0. The molecule has 0 aromatic carbocycles. The van der Waals surface area contributed by atoms with Gasteiger partial charge < -0.3 is 10.4 Å². The number of aryl methyl sites for hydroxylation is 1. The van der Waals surface area contributed by atoms with Crippen LogP contribution in [0.25, 0.3) is 10.2 Å². The van der Waals surface area contributed by atoms with Crippen molar-refractivity contribution in [3.8, 4) is 0 Å². The number of nitrogens with zero attached hydrogens (tertiary/aromatic N) is 2. The van der Waals surface area contributed by atoms with Gasteiger partial charge in [-0.25, -0.2) is 9.97 Å². The van der Waals surface area contributed by atoms with E-state index >= 15 is 0 Å². The van der Waals surface area contributed by atoms with Crippen molar-refractivity contribution in [1.29, 1.82) is 0 Å². The number of fused-ring (bicyclic) bond motifs is 1. The largest absolute Gasteiger partial charge is 0.396 e. The molecule has 3 rings (SSSR count). The quantitative estimate of drug-likeness (QED) is 0.858. The Hall–Kier alpha value is -1.20. The molecule has 5 heteroatoms. The third-order valence-corrected chi connectivity index (χ3v) is 5.18. The first-order valence-electron chi connectivity index (χ1n) is 7.35. The molecule has 0 amide bonds. The zero-order valence-electron chi connectivity index (χ0n) is 11.9. The second-order valence-electron chi connectivity index (χ2n) is 5.66. The summed E-state index contributed by atoms with van der Waals surface area (Å²) >= 11 is 1.66. The normalized spacial score (nSPS) is 17.1. The van der Waals surface area contributed by atoms with Crippen molar-refractivity contribution in [2.75, 3.05) is 18.5 Å². The van der Waals surface area contributed by atoms with Gasteiger partial charge in [0.05, 0.1) is 5.39 Å². The molecule has 2 aromatic rings. The van der Waals surface area contributed by atoms with E-state index in [4.69, 9.17) is 0 Å². The van der Waals surface area contributed by atoms with Gasteiger partial charge in [0.1, 0.15) is 16.5 Å². The van der Waals surface area contributed by atoms with Gasteiger partial charge in [0, 0.05) is 19.6 Å². The topological polar surface area (TPSA) is 58.0 Å². The zero-order chi connectivity index (χ0) is 14.0. The number of aromatic nitrogens is 2. The highest BCUT2D eigenvalue weighted by Crippen LogP contribution is 2.44. The van der Waals surface area contributed by atoms with Gasteiger partial charge in [0.2, 0.25) is 0 Å². The van der Waals surface area contributed by atoms with Gasteiger partial charge in [-0.2, -0.15) is 0 Å². The SMILES string of the molecule is CCc1nc(NCC2(CCO)CCC2)c2ccsc2n1. The van der Waals surface area contributed by atoms with Crippen molar-refractivity contribution < 1.29 is 5.11 Å². The van der Waals surface area contributed by atoms with Crippen LogP contribution in [0.3, 0.4) is 0 Å². The van der Waals surface area contributed by atoms with Crippen molar-refractivity contribution in [2.45, 2.75) is 39.0 Å². The molecular weight excluding hydrogens is 270 g/mol. The predicted octanol–water partition coefficient (Wildman–Crippen LogP) is 3.22. The van der Waals surface area contributed by atoms with Crippen LogP contribution >= 0.6 is 11.3 Å². The lowest BCUT2D eigenvalue weighted by Crippen LogP contribution is -2.37. The van der Waals surface area contributed by atoms with Gasteiger partial charge in [-0.3, -0.25) is 0 Å². The minimum atomic E-state index is 0.272. The van der Waals surface area contributed by atoms with Crippen LogP contribution < -0.4 is 5.32 Å². The summed E-state index contributed by atoms with van der Waals surface area (Å²) in [5, 5.41) is 15.9. The van der Waals surface area contributed by atoms with Crippen LogP contribution in [-0.4, -0.2) is 28.2 Å². The van der Waals surface area contributed by atoms with Gasteiger partial charge in [0.15, 0.2) is 0 Å². The average molecular weight is 291 g/mol. The van der Waals surface area contributed by atoms with E-state index in [1.807, 2.05) is 0 Å². The molecule has 1 fully saturated rings. The Balaban J connectivity index is 1.81. The van der Waals surface area contributed by atoms with Crippen LogP contribution in [0.15, 0.2) is 11.4 Å². The van der Waals surface area contributed by atoms with Crippen molar-refractivity contribution in [1.82, 2.24) is 9.97 Å². The Labute approximate surface area is 123 Å². The van der Waals surface area contributed by atoms with Crippen LogP contribution in [0.1, 0.15) is 38.4 Å². The average Bonchev–Trinajstić information content (AvgIpc) is 2.89. The third-order valence-electron chi connectivity index (χ3n) is 4.37. The number of thiophene rings is 1. The molecule has 1 saturated carbocycles. The number of aliphatic hydroxyl groups is 1. The van der Waals surface area contributed by atoms with E-state index in [2.05, 4.69) is 33.7 Å². The standard InChI is InChI=1S/C15H21N3OS/c1-2-12-17-13(11-4-9-20-14(11)18-12)16-10-15(7-8-19)5-3-6-15/h4,9,19H,2-3,5-8,10H2,1H3,(H,16,17,18). The van der Waals surface area contributed by atoms with Crippen molar-refractivity contribution in [3.63, 3.8) is 0 Å². The summed E-state index contributed by atoms with van der Waals surface area (Å²) in [4.78, 5) is 10.3. The molecule has 0 radical (unpaired) electrons. The summed E-state index contributed by atoms with van der Waals surface area (Å²) in [5.41, 5.74) is 0.272. The maximum absolute atomic E-state index is 9.23. The molecule has 0 bridgehead atoms. The monoisotopic (exact) mass is 291 g/mol. The molecule has 2 N–H and O–H groups in total. The molecule has 0 spiro atoms. The fourth-order valence-electron chi connectivity index (χ4n) is 2.89. The highest BCUT2D eigenvalue weighted by Gasteiger charge is 2.36. The fourth-order valence-corrected chi connectivity index (χ4v) is 3.68. The Morgan fingerprint density at radius 2 is 2.25 bits per heavy atom. The molecule has 20 heavy (non-hydrogen) atoms. The number of anilines is 1. The zero-order valence-corrected chi connectivity index (χ0v) is 12.7. The second kappa shape index (κ2) is 5.66. The summed E-state index contributed by atoms with van der Waals surface area (Å²) in [6.07, 6.45) is 5.43. The molecule has 1 aliphatic carbocycles. The molecule has 108 valence electrons. The van der Waals surface area contributed by atoms with E-state index in [9.17, 15) is 5.11 Å². The minimum Gasteiger partial charge on any atom is -0.396 e. The minimum absolute atomic E-state index is 0.272. The van der Waals surface area contributed by atoms with Crippen molar-refractivity contribution >= 4 is 27.4 Å². The highest BCUT2D eigenvalue weighted by molar-refractivity contribution is 7.16. The third kappa shape index (κ3) is 2.52. The molecule has 2 heterocycles. The van der Waals surface area contributed by atoms with Crippen LogP contribution in [0.4, 0.5) is 5.82 Å². The van der Waals surface area contributed by atoms with Crippen molar-refractivity contribution in [2.24, 2.45) is 5.41 Å². The second-order valence-corrected chi connectivity index (χ2v) is 6.56. The predicted molar refractivity (Wildman–Crippen MR) is 83.3 cm³/mol. The summed E-state index contributed by atoms with van der Waals surface area (Å²) in [6, 6.07) is 2.08. The van der Waals surface area contributed by atoms with Crippen molar-refractivity contribution in [3.05, 3.63) is 17.3 Å². The molecule has 0 aliphatic heterocycles. The van der Waals surface area contributed by atoms with Crippen LogP contribution in [-0.2, 0) is 6.42 Å². The van der Waals surface area contributed by atoms with Crippen LogP contribution in [0.5, 0.6) is 0 Å². The lowest BCUT2D eigenvalue weighted by Gasteiger charge is -2.42. The lowest BCUT2D eigenvalue weighted by molar-refractivity contribution is 0.102. The molecule has 1 aliphatic rings. The van der Waals surface area contributed by atoms with Gasteiger partial charge in [-0.05, 0) is 36.1 Å². The van der Waals surface area contributed by atoms with E-state index in [-0.39, 0.29) is 12.0 Å². The number of hydrogen-bond donors (Lipinski definition) is 2. The van der Waals surface area contributed by atoms with Crippen LogP contribution in [0.2, 0.25) is 0 Å². The smallest absolute Gasteiger partial charge is 0.138 e. The molecule has 0 atom stereocenters. The molecule has 0 unspecified atom stereocenters. The number of hydrogen-bond acceptors (Lipinski definition) is 5.